The molecule has 1 N–H and O–H groups in total. The zero-order valence-electron chi connectivity index (χ0n) is 11.3. The van der Waals surface area contributed by atoms with Crippen LogP contribution in [0.25, 0.3) is 0 Å². The summed E-state index contributed by atoms with van der Waals surface area (Å²) in [5.74, 6) is 0.151. The van der Waals surface area contributed by atoms with Crippen LogP contribution in [-0.4, -0.2) is 27.8 Å². The van der Waals surface area contributed by atoms with Gasteiger partial charge in [-0.1, -0.05) is 6.92 Å². The third kappa shape index (κ3) is 2.16. The van der Waals surface area contributed by atoms with E-state index < -0.39 is 4.92 Å². The van der Waals surface area contributed by atoms with Crippen molar-refractivity contribution in [1.29, 1.82) is 0 Å². The fourth-order valence-corrected chi connectivity index (χ4v) is 2.72. The summed E-state index contributed by atoms with van der Waals surface area (Å²) < 4.78 is 0. The van der Waals surface area contributed by atoms with Crippen LogP contribution in [0.4, 0.5) is 5.69 Å². The highest BCUT2D eigenvalue weighted by Gasteiger charge is 2.45. The van der Waals surface area contributed by atoms with E-state index in [0.29, 0.717) is 6.04 Å². The van der Waals surface area contributed by atoms with Crippen LogP contribution in [0.2, 0.25) is 0 Å². The lowest BCUT2D eigenvalue weighted by Crippen LogP contribution is -2.32. The van der Waals surface area contributed by atoms with Crippen LogP contribution in [0.1, 0.15) is 37.9 Å². The van der Waals surface area contributed by atoms with Crippen molar-refractivity contribution in [3.63, 3.8) is 0 Å². The Balaban J connectivity index is 1.87. The van der Waals surface area contributed by atoms with Crippen molar-refractivity contribution in [2.45, 2.75) is 44.4 Å². The van der Waals surface area contributed by atoms with E-state index in [1.165, 1.54) is 12.1 Å². The molecule has 1 saturated carbocycles. The third-order valence-corrected chi connectivity index (χ3v) is 3.96. The van der Waals surface area contributed by atoms with Gasteiger partial charge >= 0.3 is 0 Å². The Kier molecular flexibility index (Phi) is 3.17. The lowest BCUT2D eigenvalue weighted by atomic mass is 10.1. The Labute approximate surface area is 116 Å². The quantitative estimate of drug-likeness (QED) is 0.673. The topological polar surface area (TPSA) is 75.5 Å². The average Bonchev–Trinajstić information content (AvgIpc) is 3.22. The van der Waals surface area contributed by atoms with E-state index in [4.69, 9.17) is 0 Å². The number of benzene rings is 1. The van der Waals surface area contributed by atoms with Gasteiger partial charge < -0.3 is 4.90 Å². The van der Waals surface area contributed by atoms with E-state index in [2.05, 4.69) is 5.32 Å². The number of hydrogen-bond donors (Lipinski definition) is 1. The number of rotatable bonds is 4. The highest BCUT2D eigenvalue weighted by atomic mass is 16.6. The van der Waals surface area contributed by atoms with Crippen LogP contribution in [0, 0.1) is 10.1 Å². The number of nitro benzene ring substituents is 1. The molecule has 0 radical (unpaired) electrons. The predicted octanol–water partition coefficient (Wildman–Crippen LogP) is 1.97. The van der Waals surface area contributed by atoms with Crippen molar-refractivity contribution in [2.75, 3.05) is 0 Å². The molecule has 1 heterocycles. The monoisotopic (exact) mass is 275 g/mol. The molecule has 1 saturated heterocycles. The molecule has 6 nitrogen and oxygen atoms in total. The lowest BCUT2D eigenvalue weighted by molar-refractivity contribution is -0.384. The SMILES string of the molecule is CCC1NC(c2ccc([N+](=O)[O-])cc2)N(C2CC2)C1=O. The van der Waals surface area contributed by atoms with Crippen molar-refractivity contribution in [1.82, 2.24) is 10.2 Å². The summed E-state index contributed by atoms with van der Waals surface area (Å²) in [6.45, 7) is 1.98. The molecule has 3 rings (SSSR count). The van der Waals surface area contributed by atoms with Gasteiger partial charge in [-0.05, 0) is 37.0 Å². The van der Waals surface area contributed by atoms with E-state index in [-0.39, 0.29) is 23.8 Å². The number of hydrogen-bond acceptors (Lipinski definition) is 4. The van der Waals surface area contributed by atoms with Crippen molar-refractivity contribution >= 4 is 11.6 Å². The van der Waals surface area contributed by atoms with Gasteiger partial charge in [0, 0.05) is 18.2 Å². The van der Waals surface area contributed by atoms with Gasteiger partial charge in [0.1, 0.15) is 6.17 Å². The second-order valence-electron chi connectivity index (χ2n) is 5.36. The lowest BCUT2D eigenvalue weighted by Gasteiger charge is -2.24. The fraction of sp³-hybridized carbons (Fsp3) is 0.500. The van der Waals surface area contributed by atoms with Gasteiger partial charge in [0.05, 0.1) is 11.0 Å². The average molecular weight is 275 g/mol. The second kappa shape index (κ2) is 4.86. The standard InChI is InChI=1S/C14H17N3O3/c1-2-12-14(18)16(10-7-8-10)13(15-12)9-3-5-11(6-4-9)17(19)20/h3-6,10,12-13,15H,2,7-8H2,1H3. The van der Waals surface area contributed by atoms with Crippen LogP contribution in [0.15, 0.2) is 24.3 Å². The first-order valence-electron chi connectivity index (χ1n) is 6.94. The summed E-state index contributed by atoms with van der Waals surface area (Å²) in [5, 5.41) is 14.0. The largest absolute Gasteiger partial charge is 0.319 e. The molecule has 0 aromatic heterocycles. The first-order valence-corrected chi connectivity index (χ1v) is 6.94. The molecule has 1 aliphatic carbocycles. The van der Waals surface area contributed by atoms with Gasteiger partial charge in [0.25, 0.3) is 5.69 Å². The predicted molar refractivity (Wildman–Crippen MR) is 72.9 cm³/mol. The highest BCUT2D eigenvalue weighted by Crippen LogP contribution is 2.37. The highest BCUT2D eigenvalue weighted by molar-refractivity contribution is 5.85. The normalized spacial score (nSPS) is 26.1. The molecule has 1 aromatic rings. The maximum Gasteiger partial charge on any atom is 0.269 e. The van der Waals surface area contributed by atoms with Crippen LogP contribution in [-0.2, 0) is 4.79 Å². The zero-order chi connectivity index (χ0) is 14.3. The van der Waals surface area contributed by atoms with Gasteiger partial charge in [0.15, 0.2) is 0 Å². The fourth-order valence-electron chi connectivity index (χ4n) is 2.72. The molecule has 0 spiro atoms. The first kappa shape index (κ1) is 13.1. The maximum atomic E-state index is 12.3. The molecule has 20 heavy (non-hydrogen) atoms. The minimum Gasteiger partial charge on any atom is -0.319 e. The Morgan fingerprint density at radius 1 is 1.35 bits per heavy atom. The van der Waals surface area contributed by atoms with Gasteiger partial charge in [-0.3, -0.25) is 20.2 Å². The number of non-ortho nitro benzene ring substituents is 1. The van der Waals surface area contributed by atoms with Crippen molar-refractivity contribution < 1.29 is 9.72 Å². The van der Waals surface area contributed by atoms with Crippen molar-refractivity contribution in [3.05, 3.63) is 39.9 Å². The Hall–Kier alpha value is -1.95. The van der Waals surface area contributed by atoms with Gasteiger partial charge in [0.2, 0.25) is 5.91 Å². The minimum atomic E-state index is -0.412. The van der Waals surface area contributed by atoms with Crippen LogP contribution < -0.4 is 5.32 Å². The van der Waals surface area contributed by atoms with Gasteiger partial charge in [-0.25, -0.2) is 0 Å². The van der Waals surface area contributed by atoms with Crippen LogP contribution in [0.3, 0.4) is 0 Å². The van der Waals surface area contributed by atoms with Crippen LogP contribution in [0.5, 0.6) is 0 Å². The molecule has 1 aliphatic heterocycles. The Morgan fingerprint density at radius 2 is 2.00 bits per heavy atom. The minimum absolute atomic E-state index is 0.0723. The van der Waals surface area contributed by atoms with E-state index in [1.807, 2.05) is 11.8 Å². The van der Waals surface area contributed by atoms with Gasteiger partial charge in [-0.15, -0.1) is 0 Å². The summed E-state index contributed by atoms with van der Waals surface area (Å²) in [4.78, 5) is 24.5. The molecular weight excluding hydrogens is 258 g/mol. The molecular formula is C14H17N3O3. The summed E-state index contributed by atoms with van der Waals surface area (Å²) >= 11 is 0. The van der Waals surface area contributed by atoms with E-state index in [9.17, 15) is 14.9 Å². The van der Waals surface area contributed by atoms with Gasteiger partial charge in [-0.2, -0.15) is 0 Å². The summed E-state index contributed by atoms with van der Waals surface area (Å²) in [7, 11) is 0. The number of carbonyl (C=O) groups excluding carboxylic acids is 1. The molecule has 106 valence electrons. The number of nitrogens with one attached hydrogen (secondary N) is 1. The second-order valence-corrected chi connectivity index (χ2v) is 5.36. The first-order chi connectivity index (χ1) is 9.61. The summed E-state index contributed by atoms with van der Waals surface area (Å²) in [6, 6.07) is 6.63. The smallest absolute Gasteiger partial charge is 0.269 e. The molecule has 0 bridgehead atoms. The molecule has 2 fully saturated rings. The molecule has 6 heteroatoms. The molecule has 1 amide bonds. The summed E-state index contributed by atoms with van der Waals surface area (Å²) in [6.07, 6.45) is 2.70. The number of carbonyl (C=O) groups is 1. The third-order valence-electron chi connectivity index (χ3n) is 3.96. The number of amides is 1. The maximum absolute atomic E-state index is 12.3. The molecule has 2 unspecified atom stereocenters. The molecule has 2 aliphatic rings. The van der Waals surface area contributed by atoms with Crippen molar-refractivity contribution in [3.8, 4) is 0 Å². The van der Waals surface area contributed by atoms with Crippen molar-refractivity contribution in [2.24, 2.45) is 0 Å². The molecule has 1 aromatic carbocycles. The van der Waals surface area contributed by atoms with E-state index in [0.717, 1.165) is 24.8 Å². The van der Waals surface area contributed by atoms with Crippen LogP contribution >= 0.6 is 0 Å². The summed E-state index contributed by atoms with van der Waals surface area (Å²) in [5.41, 5.74) is 0.981. The molecule has 2 atom stereocenters. The van der Waals surface area contributed by atoms with E-state index >= 15 is 0 Å². The zero-order valence-corrected chi connectivity index (χ0v) is 11.3. The number of nitrogens with zero attached hydrogens (tertiary/aromatic N) is 2. The number of nitro groups is 1. The van der Waals surface area contributed by atoms with E-state index in [1.54, 1.807) is 12.1 Å². The Morgan fingerprint density at radius 3 is 2.50 bits per heavy atom. The Bertz CT molecular complexity index is 539.